The number of thiazole rings is 1. The van der Waals surface area contributed by atoms with E-state index < -0.39 is 0 Å². The molecule has 1 aliphatic rings. The molecule has 2 aromatic heterocycles. The van der Waals surface area contributed by atoms with Crippen LogP contribution in [0, 0.1) is 13.8 Å². The van der Waals surface area contributed by atoms with Gasteiger partial charge in [0.2, 0.25) is 0 Å². The summed E-state index contributed by atoms with van der Waals surface area (Å²) in [6.45, 7) is 8.38. The average molecular weight is 541 g/mol. The van der Waals surface area contributed by atoms with Crippen LogP contribution in [0.3, 0.4) is 0 Å². The third kappa shape index (κ3) is 10.5. The first kappa shape index (κ1) is 29.6. The summed E-state index contributed by atoms with van der Waals surface area (Å²) in [6.07, 6.45) is 5.52. The molecule has 12 N–H and O–H groups in total. The van der Waals surface area contributed by atoms with Crippen LogP contribution in [0.5, 0.6) is 0 Å². The number of thiophene rings is 1. The molecule has 0 amide bonds. The van der Waals surface area contributed by atoms with Crippen molar-refractivity contribution in [2.45, 2.75) is 40.0 Å². The molecule has 200 valence electrons. The van der Waals surface area contributed by atoms with Gasteiger partial charge in [-0.05, 0) is 92.8 Å². The number of benzene rings is 2. The summed E-state index contributed by atoms with van der Waals surface area (Å²) in [7, 11) is 0. The van der Waals surface area contributed by atoms with Crippen LogP contribution in [0.1, 0.15) is 35.8 Å². The van der Waals surface area contributed by atoms with Crippen molar-refractivity contribution in [1.29, 1.82) is 0 Å². The maximum atomic E-state index is 5.64. The van der Waals surface area contributed by atoms with Gasteiger partial charge in [-0.25, -0.2) is 4.98 Å². The van der Waals surface area contributed by atoms with Gasteiger partial charge in [0, 0.05) is 46.9 Å². The highest BCUT2D eigenvalue weighted by Gasteiger charge is 2.13. The molecule has 4 aromatic rings. The Hall–Kier alpha value is -3.63. The number of hydrogen-bond donors (Lipinski definition) is 6. The average Bonchev–Trinajstić information content (AvgIpc) is 3.63. The third-order valence-electron chi connectivity index (χ3n) is 5.54. The first-order chi connectivity index (χ1) is 17.6. The summed E-state index contributed by atoms with van der Waals surface area (Å²) in [5, 5.41) is 2.92. The lowest BCUT2D eigenvalue weighted by atomic mass is 10.2. The molecule has 0 saturated carbocycles. The topological polar surface area (TPSA) is 172 Å². The van der Waals surface area contributed by atoms with Crippen molar-refractivity contribution in [1.82, 2.24) is 4.98 Å². The van der Waals surface area contributed by atoms with Crippen LogP contribution in [-0.2, 0) is 6.42 Å². The monoisotopic (exact) mass is 540 g/mol. The van der Waals surface area contributed by atoms with E-state index in [2.05, 4.69) is 22.9 Å². The molecule has 3 heterocycles. The third-order valence-corrected chi connectivity index (χ3v) is 7.48. The van der Waals surface area contributed by atoms with Gasteiger partial charge in [0.15, 0.2) is 5.13 Å². The highest BCUT2D eigenvalue weighted by Crippen LogP contribution is 2.29. The van der Waals surface area contributed by atoms with Crippen LogP contribution in [0.2, 0.25) is 0 Å². The normalized spacial score (nSPS) is 11.9. The van der Waals surface area contributed by atoms with Crippen LogP contribution in [-0.4, -0.2) is 18.1 Å². The van der Waals surface area contributed by atoms with Gasteiger partial charge in [-0.3, -0.25) is 0 Å². The minimum atomic E-state index is 0.668. The van der Waals surface area contributed by atoms with Crippen molar-refractivity contribution >= 4 is 60.6 Å². The number of anilines is 7. The molecule has 8 nitrogen and oxygen atoms in total. The number of hydrogen-bond acceptors (Lipinski definition) is 10. The Morgan fingerprint density at radius 1 is 0.757 bits per heavy atom. The van der Waals surface area contributed by atoms with Crippen LogP contribution in [0.25, 0.3) is 0 Å². The number of nitrogens with two attached hydrogens (primary N) is 6. The van der Waals surface area contributed by atoms with E-state index >= 15 is 0 Å². The molecule has 1 aliphatic heterocycles. The molecule has 1 saturated heterocycles. The van der Waals surface area contributed by atoms with Crippen LogP contribution in [0.15, 0.2) is 54.7 Å². The second kappa shape index (κ2) is 14.8. The van der Waals surface area contributed by atoms with E-state index in [0.29, 0.717) is 5.13 Å². The van der Waals surface area contributed by atoms with Crippen molar-refractivity contribution in [2.75, 3.05) is 52.4 Å². The molecule has 37 heavy (non-hydrogen) atoms. The smallest absolute Gasteiger partial charge is 0.180 e. The summed E-state index contributed by atoms with van der Waals surface area (Å²) >= 11 is 3.24. The Morgan fingerprint density at radius 3 is 1.62 bits per heavy atom. The number of nitrogen functional groups attached to an aromatic ring is 6. The zero-order valence-electron chi connectivity index (χ0n) is 21.9. The van der Waals surface area contributed by atoms with Gasteiger partial charge < -0.3 is 39.3 Å². The molecule has 0 unspecified atom stereocenters. The fourth-order valence-corrected chi connectivity index (χ4v) is 4.78. The molecule has 5 rings (SSSR count). The minimum Gasteiger partial charge on any atom is -0.399 e. The number of rotatable bonds is 2. The van der Waals surface area contributed by atoms with E-state index in [9.17, 15) is 0 Å². The summed E-state index contributed by atoms with van der Waals surface area (Å²) < 4.78 is 0. The number of nitrogens with zero attached hydrogens (tertiary/aromatic N) is 2. The predicted molar refractivity (Wildman–Crippen MR) is 166 cm³/mol. The molecule has 0 atom stereocenters. The lowest BCUT2D eigenvalue weighted by molar-refractivity contribution is 0.949. The van der Waals surface area contributed by atoms with Crippen LogP contribution < -0.4 is 39.3 Å². The molecule has 1 fully saturated rings. The van der Waals surface area contributed by atoms with E-state index in [1.54, 1.807) is 34.8 Å². The van der Waals surface area contributed by atoms with E-state index in [-0.39, 0.29) is 0 Å². The van der Waals surface area contributed by atoms with E-state index in [1.165, 1.54) is 35.8 Å². The molecule has 0 aliphatic carbocycles. The first-order valence-corrected chi connectivity index (χ1v) is 13.8. The van der Waals surface area contributed by atoms with Gasteiger partial charge in [-0.2, -0.15) is 0 Å². The lowest BCUT2D eigenvalue weighted by Crippen LogP contribution is -2.15. The molecule has 10 heteroatoms. The Labute approximate surface area is 228 Å². The second-order valence-corrected chi connectivity index (χ2v) is 10.9. The molecule has 2 aromatic carbocycles. The van der Waals surface area contributed by atoms with Crippen molar-refractivity contribution in [3.05, 3.63) is 70.7 Å². The zero-order valence-corrected chi connectivity index (χ0v) is 23.5. The Kier molecular flexibility index (Phi) is 11.9. The van der Waals surface area contributed by atoms with Gasteiger partial charge in [0.25, 0.3) is 0 Å². The summed E-state index contributed by atoms with van der Waals surface area (Å²) in [4.78, 5) is 7.54. The molecule has 0 spiro atoms. The SMILES string of the molecule is CCc1cnc(N)s1.Cc1cc(N)ccc1N.Cc1cc(N)ccc1N.Nc1ccc(N2CCCC2)s1. The van der Waals surface area contributed by atoms with Crippen LogP contribution in [0.4, 0.5) is 37.9 Å². The molecule has 0 bridgehead atoms. The quantitative estimate of drug-likeness (QED) is 0.180. The summed E-state index contributed by atoms with van der Waals surface area (Å²) in [5.41, 5.74) is 38.2. The van der Waals surface area contributed by atoms with Crippen LogP contribution >= 0.6 is 22.7 Å². The Balaban J connectivity index is 0.000000175. The summed E-state index contributed by atoms with van der Waals surface area (Å²) in [5.74, 6) is 0. The maximum absolute atomic E-state index is 5.64. The number of aromatic nitrogens is 1. The zero-order chi connectivity index (χ0) is 27.4. The summed E-state index contributed by atoms with van der Waals surface area (Å²) in [6, 6.07) is 15.0. The van der Waals surface area contributed by atoms with Crippen molar-refractivity contribution in [2.24, 2.45) is 0 Å². The highest BCUT2D eigenvalue weighted by atomic mass is 32.1. The van der Waals surface area contributed by atoms with E-state index in [0.717, 1.165) is 45.3 Å². The molecular weight excluding hydrogens is 500 g/mol. The standard InChI is InChI=1S/C8H12N2S.2C7H10N2.C5H8N2S/c9-7-3-4-8(11-7)10-5-1-2-6-10;2*1-5-4-6(8)2-3-7(5)9;1-2-4-3-7-5(6)8-4/h3-4H,1-2,5-6,9H2;2*2-4H,8-9H2,1H3;3H,2H2,1H3,(H2,6,7). The maximum Gasteiger partial charge on any atom is 0.180 e. The fourth-order valence-electron chi connectivity index (χ4n) is 3.33. The second-order valence-electron chi connectivity index (χ2n) is 8.62. The lowest BCUT2D eigenvalue weighted by Gasteiger charge is -2.13. The van der Waals surface area contributed by atoms with E-state index in [1.807, 2.05) is 50.4 Å². The van der Waals surface area contributed by atoms with E-state index in [4.69, 9.17) is 34.4 Å². The minimum absolute atomic E-state index is 0.668. The number of aryl methyl sites for hydroxylation is 3. The highest BCUT2D eigenvalue weighted by molar-refractivity contribution is 7.19. The Morgan fingerprint density at radius 2 is 1.30 bits per heavy atom. The predicted octanol–water partition coefficient (Wildman–Crippen LogP) is 5.54. The molecular formula is C27H40N8S2. The fraction of sp³-hybridized carbons (Fsp3) is 0.296. The largest absolute Gasteiger partial charge is 0.399 e. The van der Waals surface area contributed by atoms with Gasteiger partial charge in [0.05, 0.1) is 10.0 Å². The van der Waals surface area contributed by atoms with Gasteiger partial charge in [-0.1, -0.05) is 6.92 Å². The Bertz CT molecular complexity index is 1180. The van der Waals surface area contributed by atoms with Crippen molar-refractivity contribution < 1.29 is 0 Å². The van der Waals surface area contributed by atoms with Crippen molar-refractivity contribution in [3.8, 4) is 0 Å². The van der Waals surface area contributed by atoms with Crippen molar-refractivity contribution in [3.63, 3.8) is 0 Å². The first-order valence-electron chi connectivity index (χ1n) is 12.1. The van der Waals surface area contributed by atoms with Gasteiger partial charge >= 0.3 is 0 Å². The molecule has 0 radical (unpaired) electrons. The van der Waals surface area contributed by atoms with Gasteiger partial charge in [-0.15, -0.1) is 22.7 Å². The van der Waals surface area contributed by atoms with Gasteiger partial charge in [0.1, 0.15) is 0 Å².